The predicted octanol–water partition coefficient (Wildman–Crippen LogP) is 2.52. The zero-order valence-corrected chi connectivity index (χ0v) is 12.3. The van der Waals surface area contributed by atoms with Crippen molar-refractivity contribution < 1.29 is 9.90 Å². The molecule has 1 aromatic heterocycles. The molecule has 20 heavy (non-hydrogen) atoms. The molecule has 0 saturated heterocycles. The highest BCUT2D eigenvalue weighted by molar-refractivity contribution is 6.99. The Morgan fingerprint density at radius 2 is 2.20 bits per heavy atom. The van der Waals surface area contributed by atoms with Gasteiger partial charge in [-0.1, -0.05) is 30.9 Å². The molecule has 1 unspecified atom stereocenters. The molecule has 0 aliphatic rings. The maximum absolute atomic E-state index is 11.4. The van der Waals surface area contributed by atoms with Crippen molar-refractivity contribution in [3.63, 3.8) is 0 Å². The molecule has 1 aromatic rings. The van der Waals surface area contributed by atoms with Gasteiger partial charge < -0.3 is 15.7 Å². The molecule has 0 aliphatic heterocycles. The third-order valence-corrected chi connectivity index (χ3v) is 3.02. The Hall–Kier alpha value is -2.15. The van der Waals surface area contributed by atoms with Gasteiger partial charge in [0, 0.05) is 13.5 Å². The number of carboxylic acids is 1. The fourth-order valence-corrected chi connectivity index (χ4v) is 2.13. The molecule has 1 atom stereocenters. The summed E-state index contributed by atoms with van der Waals surface area (Å²) in [7, 11) is 1.71. The minimum Gasteiger partial charge on any atom is -0.480 e. The summed E-state index contributed by atoms with van der Waals surface area (Å²) in [4.78, 5) is 11.4. The molecule has 0 spiro atoms. The summed E-state index contributed by atoms with van der Waals surface area (Å²) in [6.07, 6.45) is 7.47. The van der Waals surface area contributed by atoms with E-state index in [4.69, 9.17) is 0 Å². The van der Waals surface area contributed by atoms with Gasteiger partial charge in [0.25, 0.3) is 0 Å². The van der Waals surface area contributed by atoms with Crippen LogP contribution in [0.25, 0.3) is 0 Å². The van der Waals surface area contributed by atoms with Gasteiger partial charge in [-0.25, -0.2) is 4.79 Å². The van der Waals surface area contributed by atoms with E-state index in [1.807, 2.05) is 19.1 Å². The number of carbonyl (C=O) groups is 1. The number of aromatic nitrogens is 2. The van der Waals surface area contributed by atoms with Crippen LogP contribution in [0, 0.1) is 0 Å². The summed E-state index contributed by atoms with van der Waals surface area (Å²) in [5.41, 5.74) is 0.872. The minimum absolute atomic E-state index is 0.326. The largest absolute Gasteiger partial charge is 0.480 e. The second kappa shape index (κ2) is 8.11. The van der Waals surface area contributed by atoms with Crippen molar-refractivity contribution in [1.29, 1.82) is 0 Å². The molecular weight excluding hydrogens is 276 g/mol. The second-order valence-corrected chi connectivity index (χ2v) is 4.46. The highest BCUT2D eigenvalue weighted by Gasteiger charge is 2.20. The molecule has 0 aromatic carbocycles. The summed E-state index contributed by atoms with van der Waals surface area (Å²) in [6, 6.07) is -0.784. The first kappa shape index (κ1) is 15.9. The summed E-state index contributed by atoms with van der Waals surface area (Å²) >= 11 is 1.02. The number of carboxylic acid groups (broad SMARTS) is 1. The van der Waals surface area contributed by atoms with Gasteiger partial charge in [-0.3, -0.25) is 0 Å². The van der Waals surface area contributed by atoms with Crippen LogP contribution < -0.4 is 10.6 Å². The van der Waals surface area contributed by atoms with Gasteiger partial charge in [-0.2, -0.15) is 8.75 Å². The predicted molar refractivity (Wildman–Crippen MR) is 82.2 cm³/mol. The SMILES string of the molecule is C=C/C=C(\C=C/C)CC(Nc1nsnc1NC)C(=O)O. The third kappa shape index (κ3) is 4.51. The number of nitrogens with zero attached hydrogens (tertiary/aromatic N) is 2. The van der Waals surface area contributed by atoms with E-state index in [1.54, 1.807) is 19.2 Å². The molecule has 108 valence electrons. The van der Waals surface area contributed by atoms with E-state index in [-0.39, 0.29) is 0 Å². The van der Waals surface area contributed by atoms with Crippen LogP contribution in [0.3, 0.4) is 0 Å². The van der Waals surface area contributed by atoms with Crippen LogP contribution in [-0.2, 0) is 4.79 Å². The topological polar surface area (TPSA) is 87.1 Å². The first-order valence-electron chi connectivity index (χ1n) is 6.06. The summed E-state index contributed by atoms with van der Waals surface area (Å²) in [6.45, 7) is 5.51. The molecule has 6 nitrogen and oxygen atoms in total. The number of allylic oxidation sites excluding steroid dienone is 4. The van der Waals surface area contributed by atoms with Crippen molar-refractivity contribution in [1.82, 2.24) is 8.75 Å². The molecule has 1 heterocycles. The van der Waals surface area contributed by atoms with Gasteiger partial charge in [0.15, 0.2) is 11.6 Å². The number of aliphatic carboxylic acids is 1. The van der Waals surface area contributed by atoms with Crippen molar-refractivity contribution in [3.8, 4) is 0 Å². The molecule has 0 aliphatic carbocycles. The van der Waals surface area contributed by atoms with Gasteiger partial charge in [0.05, 0.1) is 11.7 Å². The van der Waals surface area contributed by atoms with Crippen molar-refractivity contribution in [2.24, 2.45) is 0 Å². The van der Waals surface area contributed by atoms with Crippen molar-refractivity contribution in [2.75, 3.05) is 17.7 Å². The van der Waals surface area contributed by atoms with Crippen molar-refractivity contribution >= 4 is 29.3 Å². The second-order valence-electron chi connectivity index (χ2n) is 3.93. The van der Waals surface area contributed by atoms with E-state index in [1.165, 1.54) is 0 Å². The number of hydrogen-bond acceptors (Lipinski definition) is 6. The summed E-state index contributed by atoms with van der Waals surface area (Å²) < 4.78 is 8.06. The van der Waals surface area contributed by atoms with Crippen molar-refractivity contribution in [2.45, 2.75) is 19.4 Å². The Bertz CT molecular complexity index is 522. The van der Waals surface area contributed by atoms with Gasteiger partial charge in [0.2, 0.25) is 0 Å². The standard InChI is InChI=1S/C13H18N4O2S/c1-4-6-9(7-5-2)8-10(13(18)19)15-12-11(14-3)16-20-17-12/h4-7,10H,1,8H2,2-3H3,(H,14,16)(H,15,17)(H,18,19)/b7-5-,9-6+. The average molecular weight is 294 g/mol. The highest BCUT2D eigenvalue weighted by atomic mass is 32.1. The smallest absolute Gasteiger partial charge is 0.326 e. The van der Waals surface area contributed by atoms with E-state index in [0.29, 0.717) is 18.1 Å². The van der Waals surface area contributed by atoms with Crippen LogP contribution in [-0.4, -0.2) is 32.9 Å². The first-order chi connectivity index (χ1) is 9.62. The number of hydrogen-bond donors (Lipinski definition) is 3. The fraction of sp³-hybridized carbons (Fsp3) is 0.308. The Kier molecular flexibility index (Phi) is 6.45. The molecule has 1 rings (SSSR count). The zero-order chi connectivity index (χ0) is 15.0. The lowest BCUT2D eigenvalue weighted by Crippen LogP contribution is -2.30. The Morgan fingerprint density at radius 1 is 1.50 bits per heavy atom. The highest BCUT2D eigenvalue weighted by Crippen LogP contribution is 2.20. The maximum atomic E-state index is 11.4. The van der Waals surface area contributed by atoms with Gasteiger partial charge >= 0.3 is 5.97 Å². The van der Waals surface area contributed by atoms with Crippen molar-refractivity contribution in [3.05, 3.63) is 36.5 Å². The Balaban J connectivity index is 2.87. The lowest BCUT2D eigenvalue weighted by molar-refractivity contribution is -0.137. The number of rotatable bonds is 8. The first-order valence-corrected chi connectivity index (χ1v) is 6.79. The van der Waals surface area contributed by atoms with Crippen LogP contribution >= 0.6 is 11.7 Å². The minimum atomic E-state index is -0.945. The van der Waals surface area contributed by atoms with Crippen LogP contribution in [0.2, 0.25) is 0 Å². The van der Waals surface area contributed by atoms with Crippen LogP contribution in [0.1, 0.15) is 13.3 Å². The van der Waals surface area contributed by atoms with E-state index >= 15 is 0 Å². The summed E-state index contributed by atoms with van der Waals surface area (Å²) in [5, 5.41) is 15.1. The molecule has 7 heteroatoms. The van der Waals surface area contributed by atoms with Crippen LogP contribution in [0.5, 0.6) is 0 Å². The molecule has 0 amide bonds. The van der Waals surface area contributed by atoms with Gasteiger partial charge in [-0.15, -0.1) is 0 Å². The molecular formula is C13H18N4O2S. The Morgan fingerprint density at radius 3 is 2.75 bits per heavy atom. The van der Waals surface area contributed by atoms with E-state index in [2.05, 4.69) is 26.0 Å². The normalized spacial score (nSPS) is 13.2. The number of anilines is 2. The lowest BCUT2D eigenvalue weighted by atomic mass is 10.1. The number of nitrogens with one attached hydrogen (secondary N) is 2. The van der Waals surface area contributed by atoms with Gasteiger partial charge in [0.1, 0.15) is 6.04 Å². The maximum Gasteiger partial charge on any atom is 0.326 e. The van der Waals surface area contributed by atoms with Gasteiger partial charge in [-0.05, 0) is 12.5 Å². The molecule has 3 N–H and O–H groups in total. The summed E-state index contributed by atoms with van der Waals surface area (Å²) in [5.74, 6) is 0.0457. The molecule has 0 radical (unpaired) electrons. The van der Waals surface area contributed by atoms with Crippen LogP contribution in [0.15, 0.2) is 36.5 Å². The molecule has 0 saturated carbocycles. The van der Waals surface area contributed by atoms with E-state index < -0.39 is 12.0 Å². The molecule has 0 bridgehead atoms. The van der Waals surface area contributed by atoms with E-state index in [0.717, 1.165) is 17.3 Å². The lowest BCUT2D eigenvalue weighted by Gasteiger charge is -2.15. The van der Waals surface area contributed by atoms with E-state index in [9.17, 15) is 9.90 Å². The molecule has 0 fully saturated rings. The van der Waals surface area contributed by atoms with Crippen LogP contribution in [0.4, 0.5) is 11.6 Å². The quantitative estimate of drug-likeness (QED) is 0.639. The third-order valence-electron chi connectivity index (χ3n) is 2.49. The Labute approximate surface area is 122 Å². The monoisotopic (exact) mass is 294 g/mol. The fourth-order valence-electron chi connectivity index (χ4n) is 1.61. The average Bonchev–Trinajstić information content (AvgIpc) is 2.85. The zero-order valence-electron chi connectivity index (χ0n) is 11.5.